The predicted molar refractivity (Wildman–Crippen MR) is 108 cm³/mol. The third-order valence-electron chi connectivity index (χ3n) is 5.89. The lowest BCUT2D eigenvalue weighted by Gasteiger charge is -2.33. The zero-order chi connectivity index (χ0) is 17.9. The van der Waals surface area contributed by atoms with Crippen molar-refractivity contribution in [1.82, 2.24) is 14.7 Å². The minimum atomic E-state index is 0.472. The molecule has 4 heteroatoms. The molecule has 3 aliphatic heterocycles. The van der Waals surface area contributed by atoms with Crippen molar-refractivity contribution in [2.24, 2.45) is 10.9 Å². The molecule has 26 heavy (non-hydrogen) atoms. The quantitative estimate of drug-likeness (QED) is 0.800. The minimum absolute atomic E-state index is 0.472. The summed E-state index contributed by atoms with van der Waals surface area (Å²) in [6.45, 7) is 5.69. The molecule has 2 atom stereocenters. The van der Waals surface area contributed by atoms with Crippen LogP contribution in [0, 0.1) is 5.92 Å². The lowest BCUT2D eigenvalue weighted by atomic mass is 9.88. The Kier molecular flexibility index (Phi) is 4.91. The first-order valence-electron chi connectivity index (χ1n) is 9.85. The SMILES string of the molecule is CCC1C=CN=CC=C1C1CCCN1C1=C(\C)CCc2ccnn2/C=C\1. The number of hydrogen-bond donors (Lipinski definition) is 0. The molecule has 1 fully saturated rings. The van der Waals surface area contributed by atoms with Crippen LogP contribution in [-0.2, 0) is 6.42 Å². The molecule has 0 aliphatic carbocycles. The molecule has 0 saturated carbocycles. The van der Waals surface area contributed by atoms with E-state index < -0.39 is 0 Å². The predicted octanol–water partition coefficient (Wildman–Crippen LogP) is 4.59. The van der Waals surface area contributed by atoms with E-state index in [1.165, 1.54) is 35.4 Å². The van der Waals surface area contributed by atoms with Crippen LogP contribution in [0.4, 0.5) is 0 Å². The molecule has 4 nitrogen and oxygen atoms in total. The Balaban J connectivity index is 1.66. The van der Waals surface area contributed by atoms with E-state index in [1.807, 2.05) is 23.3 Å². The Morgan fingerprint density at radius 3 is 3.08 bits per heavy atom. The number of aliphatic imine (C=N–C) groups is 1. The van der Waals surface area contributed by atoms with Gasteiger partial charge in [-0.15, -0.1) is 0 Å². The zero-order valence-corrected chi connectivity index (χ0v) is 15.8. The number of rotatable bonds is 3. The van der Waals surface area contributed by atoms with E-state index in [9.17, 15) is 0 Å². The third-order valence-corrected chi connectivity index (χ3v) is 5.89. The Labute approximate surface area is 156 Å². The second-order valence-electron chi connectivity index (χ2n) is 7.42. The maximum atomic E-state index is 4.44. The van der Waals surface area contributed by atoms with E-state index in [-0.39, 0.29) is 0 Å². The average molecular weight is 348 g/mol. The second-order valence-corrected chi connectivity index (χ2v) is 7.42. The fraction of sp³-hybridized carbons (Fsp3) is 0.455. The van der Waals surface area contributed by atoms with Crippen molar-refractivity contribution >= 4 is 12.4 Å². The number of hydrogen-bond acceptors (Lipinski definition) is 3. The number of fused-ring (bicyclic) bond motifs is 1. The van der Waals surface area contributed by atoms with Crippen LogP contribution in [0.1, 0.15) is 45.2 Å². The molecule has 1 aromatic rings. The van der Waals surface area contributed by atoms with Gasteiger partial charge in [0, 0.05) is 48.7 Å². The number of nitrogens with zero attached hydrogens (tertiary/aromatic N) is 4. The Bertz CT molecular complexity index is 806. The van der Waals surface area contributed by atoms with Gasteiger partial charge in [-0.1, -0.05) is 13.0 Å². The number of likely N-dealkylation sites (tertiary alicyclic amines) is 1. The lowest BCUT2D eigenvalue weighted by Crippen LogP contribution is -2.33. The van der Waals surface area contributed by atoms with Gasteiger partial charge >= 0.3 is 0 Å². The average Bonchev–Trinajstić information content (AvgIpc) is 3.22. The van der Waals surface area contributed by atoms with Crippen LogP contribution in [0.25, 0.3) is 6.20 Å². The molecule has 4 rings (SSSR count). The maximum Gasteiger partial charge on any atom is 0.0512 e. The van der Waals surface area contributed by atoms with Gasteiger partial charge in [0.2, 0.25) is 0 Å². The molecule has 1 aromatic heterocycles. The highest BCUT2D eigenvalue weighted by atomic mass is 15.3. The van der Waals surface area contributed by atoms with Crippen LogP contribution < -0.4 is 0 Å². The van der Waals surface area contributed by atoms with Crippen LogP contribution >= 0.6 is 0 Å². The van der Waals surface area contributed by atoms with Gasteiger partial charge in [-0.25, -0.2) is 4.68 Å². The first-order chi connectivity index (χ1) is 12.8. The summed E-state index contributed by atoms with van der Waals surface area (Å²) < 4.78 is 2.02. The molecule has 2 unspecified atom stereocenters. The third kappa shape index (κ3) is 3.20. The molecular formula is C22H28N4. The van der Waals surface area contributed by atoms with Crippen molar-refractivity contribution in [2.75, 3.05) is 6.54 Å². The summed E-state index contributed by atoms with van der Waals surface area (Å²) in [5.41, 5.74) is 5.66. The van der Waals surface area contributed by atoms with Crippen molar-refractivity contribution in [3.63, 3.8) is 0 Å². The Hall–Kier alpha value is -2.36. The molecule has 4 heterocycles. The van der Waals surface area contributed by atoms with Gasteiger partial charge in [-0.05, 0) is 68.4 Å². The molecule has 0 bridgehead atoms. The summed E-state index contributed by atoms with van der Waals surface area (Å²) in [6.07, 6.45) is 20.5. The standard InChI is InChI=1S/C22H28N4/c1-3-18-8-12-23-13-10-20(18)22-5-4-15-25(22)21-11-16-26-19(9-14-24-26)7-6-17(21)2/h8-14,16,18,22H,3-7,15H2,1-2H3/b16-11-,21-17+. The largest absolute Gasteiger partial charge is 0.365 e. The molecule has 136 valence electrons. The van der Waals surface area contributed by atoms with Crippen LogP contribution in [0.2, 0.25) is 0 Å². The summed E-state index contributed by atoms with van der Waals surface area (Å²) in [6, 6.07) is 2.59. The van der Waals surface area contributed by atoms with E-state index in [0.29, 0.717) is 12.0 Å². The van der Waals surface area contributed by atoms with Crippen LogP contribution in [-0.4, -0.2) is 33.5 Å². The lowest BCUT2D eigenvalue weighted by molar-refractivity contribution is 0.345. The molecule has 3 aliphatic rings. The summed E-state index contributed by atoms with van der Waals surface area (Å²) >= 11 is 0. The highest BCUT2D eigenvalue weighted by molar-refractivity contribution is 5.74. The van der Waals surface area contributed by atoms with Gasteiger partial charge in [0.25, 0.3) is 0 Å². The van der Waals surface area contributed by atoms with Gasteiger partial charge in [-0.2, -0.15) is 5.10 Å². The maximum absolute atomic E-state index is 4.44. The van der Waals surface area contributed by atoms with E-state index >= 15 is 0 Å². The normalized spacial score (nSPS) is 29.8. The first kappa shape index (κ1) is 17.1. The van der Waals surface area contributed by atoms with Crippen LogP contribution in [0.15, 0.2) is 58.5 Å². The fourth-order valence-electron chi connectivity index (χ4n) is 4.44. The van der Waals surface area contributed by atoms with Crippen molar-refractivity contribution < 1.29 is 0 Å². The zero-order valence-electron chi connectivity index (χ0n) is 15.8. The molecular weight excluding hydrogens is 320 g/mol. The molecule has 1 saturated heterocycles. The van der Waals surface area contributed by atoms with Gasteiger partial charge < -0.3 is 4.90 Å². The van der Waals surface area contributed by atoms with Crippen molar-refractivity contribution in [3.8, 4) is 0 Å². The van der Waals surface area contributed by atoms with Crippen LogP contribution in [0.3, 0.4) is 0 Å². The number of aromatic nitrogens is 2. The number of aryl methyl sites for hydroxylation is 1. The van der Waals surface area contributed by atoms with E-state index in [2.05, 4.69) is 59.3 Å². The summed E-state index contributed by atoms with van der Waals surface area (Å²) in [5.74, 6) is 0.485. The molecule has 0 N–H and O–H groups in total. The summed E-state index contributed by atoms with van der Waals surface area (Å²) in [4.78, 5) is 6.98. The topological polar surface area (TPSA) is 33.4 Å². The smallest absolute Gasteiger partial charge is 0.0512 e. The van der Waals surface area contributed by atoms with Gasteiger partial charge in [0.05, 0.1) is 6.04 Å². The Morgan fingerprint density at radius 2 is 2.19 bits per heavy atom. The van der Waals surface area contributed by atoms with Crippen LogP contribution in [0.5, 0.6) is 0 Å². The molecule has 0 aromatic carbocycles. The van der Waals surface area contributed by atoms with Crippen molar-refractivity contribution in [3.05, 3.63) is 59.2 Å². The van der Waals surface area contributed by atoms with E-state index in [1.54, 1.807) is 0 Å². The summed E-state index contributed by atoms with van der Waals surface area (Å²) in [7, 11) is 0. The molecule has 0 amide bonds. The second kappa shape index (κ2) is 7.48. The highest BCUT2D eigenvalue weighted by Crippen LogP contribution is 2.35. The number of allylic oxidation sites excluding steroid dienone is 4. The van der Waals surface area contributed by atoms with Crippen molar-refractivity contribution in [1.29, 1.82) is 0 Å². The Morgan fingerprint density at radius 1 is 1.27 bits per heavy atom. The molecule has 0 radical (unpaired) electrons. The van der Waals surface area contributed by atoms with E-state index in [0.717, 1.165) is 25.8 Å². The van der Waals surface area contributed by atoms with Gasteiger partial charge in [0.15, 0.2) is 0 Å². The van der Waals surface area contributed by atoms with Gasteiger partial charge in [-0.3, -0.25) is 4.99 Å². The van der Waals surface area contributed by atoms with E-state index in [4.69, 9.17) is 0 Å². The highest BCUT2D eigenvalue weighted by Gasteiger charge is 2.32. The molecule has 0 spiro atoms. The monoisotopic (exact) mass is 348 g/mol. The van der Waals surface area contributed by atoms with Gasteiger partial charge in [0.1, 0.15) is 0 Å². The minimum Gasteiger partial charge on any atom is -0.365 e. The summed E-state index contributed by atoms with van der Waals surface area (Å²) in [5, 5.41) is 4.44. The fourth-order valence-corrected chi connectivity index (χ4v) is 4.44. The first-order valence-corrected chi connectivity index (χ1v) is 9.85. The van der Waals surface area contributed by atoms with Crippen molar-refractivity contribution in [2.45, 2.75) is 52.0 Å².